The van der Waals surface area contributed by atoms with Crippen LogP contribution in [-0.4, -0.2) is 24.3 Å². The lowest BCUT2D eigenvalue weighted by Gasteiger charge is -2.21. The Morgan fingerprint density at radius 1 is 1.55 bits per heavy atom. The van der Waals surface area contributed by atoms with Crippen molar-refractivity contribution in [1.82, 2.24) is 0 Å². The van der Waals surface area contributed by atoms with Crippen molar-refractivity contribution in [1.29, 1.82) is 5.26 Å². The maximum atomic E-state index is 12.2. The van der Waals surface area contributed by atoms with Crippen LogP contribution in [0.1, 0.15) is 25.3 Å². The minimum Gasteiger partial charge on any atom is -0.383 e. The number of nitriles is 1. The lowest BCUT2D eigenvalue weighted by atomic mass is 10.1. The normalized spacial score (nSPS) is 18.1. The van der Waals surface area contributed by atoms with Crippen molar-refractivity contribution >= 4 is 33.2 Å². The second-order valence-electron chi connectivity index (χ2n) is 5.00. The van der Waals surface area contributed by atoms with E-state index < -0.39 is 0 Å². The van der Waals surface area contributed by atoms with E-state index in [9.17, 15) is 4.79 Å². The van der Waals surface area contributed by atoms with Gasteiger partial charge in [0.25, 0.3) is 0 Å². The fraction of sp³-hybridized carbons (Fsp3) is 0.467. The third kappa shape index (κ3) is 3.13. The van der Waals surface area contributed by atoms with E-state index in [1.807, 2.05) is 6.07 Å². The SMILES string of the molecule is CCCNc1ccc(C#N)cc1N1CC(CBr)CC1=O. The first-order chi connectivity index (χ1) is 9.69. The van der Waals surface area contributed by atoms with Gasteiger partial charge in [-0.05, 0) is 30.5 Å². The maximum Gasteiger partial charge on any atom is 0.227 e. The van der Waals surface area contributed by atoms with Gasteiger partial charge in [0.2, 0.25) is 5.91 Å². The Morgan fingerprint density at radius 3 is 2.95 bits per heavy atom. The number of hydrogen-bond donors (Lipinski definition) is 1. The summed E-state index contributed by atoms with van der Waals surface area (Å²) in [5.41, 5.74) is 2.33. The Hall–Kier alpha value is -1.54. The van der Waals surface area contributed by atoms with Gasteiger partial charge in [-0.1, -0.05) is 22.9 Å². The largest absolute Gasteiger partial charge is 0.383 e. The first-order valence-corrected chi connectivity index (χ1v) is 7.96. The molecule has 0 spiro atoms. The molecule has 0 aliphatic carbocycles. The molecule has 1 aliphatic rings. The molecule has 106 valence electrons. The molecule has 1 aliphatic heterocycles. The number of rotatable bonds is 5. The summed E-state index contributed by atoms with van der Waals surface area (Å²) in [4.78, 5) is 14.0. The second-order valence-corrected chi connectivity index (χ2v) is 5.65. The highest BCUT2D eigenvalue weighted by atomic mass is 79.9. The molecule has 1 heterocycles. The summed E-state index contributed by atoms with van der Waals surface area (Å²) in [6.45, 7) is 3.65. The number of alkyl halides is 1. The molecule has 2 rings (SSSR count). The number of nitrogens with one attached hydrogen (secondary N) is 1. The van der Waals surface area contributed by atoms with Crippen molar-refractivity contribution in [3.63, 3.8) is 0 Å². The summed E-state index contributed by atoms with van der Waals surface area (Å²) in [6, 6.07) is 7.61. The van der Waals surface area contributed by atoms with Crippen LogP contribution in [0.15, 0.2) is 18.2 Å². The van der Waals surface area contributed by atoms with Crippen molar-refractivity contribution < 1.29 is 4.79 Å². The fourth-order valence-corrected chi connectivity index (χ4v) is 2.79. The van der Waals surface area contributed by atoms with Crippen molar-refractivity contribution in [2.45, 2.75) is 19.8 Å². The third-order valence-corrected chi connectivity index (χ3v) is 4.32. The summed E-state index contributed by atoms with van der Waals surface area (Å²) < 4.78 is 0. The third-order valence-electron chi connectivity index (χ3n) is 3.41. The summed E-state index contributed by atoms with van der Waals surface area (Å²) >= 11 is 3.45. The van der Waals surface area contributed by atoms with Gasteiger partial charge in [-0.2, -0.15) is 5.26 Å². The Bertz CT molecular complexity index is 538. The molecule has 0 aromatic heterocycles. The monoisotopic (exact) mass is 335 g/mol. The van der Waals surface area contributed by atoms with E-state index in [0.29, 0.717) is 24.4 Å². The average molecular weight is 336 g/mol. The van der Waals surface area contributed by atoms with E-state index in [1.165, 1.54) is 0 Å². The first-order valence-electron chi connectivity index (χ1n) is 6.84. The number of hydrogen-bond acceptors (Lipinski definition) is 3. The van der Waals surface area contributed by atoms with Crippen LogP contribution in [-0.2, 0) is 4.79 Å². The molecule has 20 heavy (non-hydrogen) atoms. The standard InChI is InChI=1S/C15H18BrN3O/c1-2-5-18-13-4-3-11(9-17)6-14(13)19-10-12(8-16)7-15(19)20/h3-4,6,12,18H,2,5,7-8,10H2,1H3. The van der Waals surface area contributed by atoms with Crippen molar-refractivity contribution in [3.8, 4) is 6.07 Å². The predicted molar refractivity (Wildman–Crippen MR) is 84.2 cm³/mol. The fourth-order valence-electron chi connectivity index (χ4n) is 2.35. The van der Waals surface area contributed by atoms with Crippen LogP contribution < -0.4 is 10.2 Å². The molecule has 4 nitrogen and oxygen atoms in total. The molecule has 1 amide bonds. The lowest BCUT2D eigenvalue weighted by Crippen LogP contribution is -2.26. The van der Waals surface area contributed by atoms with Crippen molar-refractivity contribution in [3.05, 3.63) is 23.8 Å². The van der Waals surface area contributed by atoms with E-state index in [2.05, 4.69) is 34.2 Å². The lowest BCUT2D eigenvalue weighted by molar-refractivity contribution is -0.117. The summed E-state index contributed by atoms with van der Waals surface area (Å²) in [7, 11) is 0. The quantitative estimate of drug-likeness (QED) is 0.841. The molecule has 1 N–H and O–H groups in total. The minimum absolute atomic E-state index is 0.129. The van der Waals surface area contributed by atoms with Gasteiger partial charge in [0.05, 0.1) is 23.0 Å². The van der Waals surface area contributed by atoms with Gasteiger partial charge in [0, 0.05) is 24.8 Å². The molecule has 1 aromatic rings. The maximum absolute atomic E-state index is 12.2. The first kappa shape index (κ1) is 14.9. The highest BCUT2D eigenvalue weighted by molar-refractivity contribution is 9.09. The molecular weight excluding hydrogens is 318 g/mol. The van der Waals surface area contributed by atoms with E-state index >= 15 is 0 Å². The van der Waals surface area contributed by atoms with Crippen molar-refractivity contribution in [2.75, 3.05) is 28.6 Å². The van der Waals surface area contributed by atoms with E-state index in [0.717, 1.165) is 29.7 Å². The Balaban J connectivity index is 2.32. The topological polar surface area (TPSA) is 56.1 Å². The molecule has 1 fully saturated rings. The molecule has 1 unspecified atom stereocenters. The molecule has 5 heteroatoms. The Labute approximate surface area is 127 Å². The molecule has 1 aromatic carbocycles. The number of nitrogens with zero attached hydrogens (tertiary/aromatic N) is 2. The van der Waals surface area contributed by atoms with E-state index in [4.69, 9.17) is 5.26 Å². The van der Waals surface area contributed by atoms with Gasteiger partial charge in [0.1, 0.15) is 0 Å². The highest BCUT2D eigenvalue weighted by Gasteiger charge is 2.31. The zero-order chi connectivity index (χ0) is 14.5. The van der Waals surface area contributed by atoms with Crippen molar-refractivity contribution in [2.24, 2.45) is 5.92 Å². The van der Waals surface area contributed by atoms with Gasteiger partial charge in [-0.25, -0.2) is 0 Å². The van der Waals surface area contributed by atoms with Crippen LogP contribution in [0.2, 0.25) is 0 Å². The van der Waals surface area contributed by atoms with E-state index in [-0.39, 0.29) is 5.91 Å². The number of carbonyl (C=O) groups is 1. The molecule has 0 bridgehead atoms. The second kappa shape index (κ2) is 6.76. The van der Waals surface area contributed by atoms with Crippen LogP contribution in [0.3, 0.4) is 0 Å². The number of halogens is 1. The summed E-state index contributed by atoms with van der Waals surface area (Å²) in [5.74, 6) is 0.469. The van der Waals surface area contributed by atoms with Gasteiger partial charge in [0.15, 0.2) is 0 Å². The van der Waals surface area contributed by atoms with Crippen LogP contribution >= 0.6 is 15.9 Å². The number of carbonyl (C=O) groups excluding carboxylic acids is 1. The molecule has 1 atom stereocenters. The zero-order valence-electron chi connectivity index (χ0n) is 11.5. The summed E-state index contributed by atoms with van der Waals surface area (Å²) in [6.07, 6.45) is 1.58. The van der Waals surface area contributed by atoms with Gasteiger partial charge in [-0.15, -0.1) is 0 Å². The van der Waals surface area contributed by atoms with Gasteiger partial charge >= 0.3 is 0 Å². The molecule has 0 radical (unpaired) electrons. The average Bonchev–Trinajstić information content (AvgIpc) is 2.86. The predicted octanol–water partition coefficient (Wildman–Crippen LogP) is 3.13. The smallest absolute Gasteiger partial charge is 0.227 e. The van der Waals surface area contributed by atoms with E-state index in [1.54, 1.807) is 17.0 Å². The van der Waals surface area contributed by atoms with Crippen LogP contribution in [0.5, 0.6) is 0 Å². The number of benzene rings is 1. The summed E-state index contributed by atoms with van der Waals surface area (Å²) in [5, 5.41) is 13.2. The zero-order valence-corrected chi connectivity index (χ0v) is 13.1. The van der Waals surface area contributed by atoms with Gasteiger partial charge in [-0.3, -0.25) is 4.79 Å². The number of amides is 1. The van der Waals surface area contributed by atoms with Crippen LogP contribution in [0.25, 0.3) is 0 Å². The van der Waals surface area contributed by atoms with Crippen LogP contribution in [0, 0.1) is 17.2 Å². The minimum atomic E-state index is 0.129. The molecule has 1 saturated heterocycles. The highest BCUT2D eigenvalue weighted by Crippen LogP contribution is 2.33. The Kier molecular flexibility index (Phi) is 5.02. The van der Waals surface area contributed by atoms with Gasteiger partial charge < -0.3 is 10.2 Å². The van der Waals surface area contributed by atoms with Crippen LogP contribution in [0.4, 0.5) is 11.4 Å². The number of anilines is 2. The molecule has 0 saturated carbocycles. The Morgan fingerprint density at radius 2 is 2.35 bits per heavy atom. The molecular formula is C15H18BrN3O.